The van der Waals surface area contributed by atoms with Crippen molar-refractivity contribution < 1.29 is 27.4 Å². The van der Waals surface area contributed by atoms with Gasteiger partial charge in [-0.2, -0.15) is 9.30 Å². The van der Waals surface area contributed by atoms with Gasteiger partial charge < -0.3 is 18.8 Å². The Kier molecular flexibility index (Phi) is 9.24. The van der Waals surface area contributed by atoms with Crippen LogP contribution >= 0.6 is 11.3 Å². The van der Waals surface area contributed by atoms with Crippen molar-refractivity contribution in [3.8, 4) is 11.5 Å². The number of rotatable bonds is 10. The Hall–Kier alpha value is -2.73. The lowest BCUT2D eigenvalue weighted by molar-refractivity contribution is 0.0996. The van der Waals surface area contributed by atoms with E-state index < -0.39 is 15.9 Å². The minimum atomic E-state index is -3.62. The lowest BCUT2D eigenvalue weighted by atomic mass is 10.0. The number of nitrogens with zero attached hydrogens (tertiary/aromatic N) is 3. The van der Waals surface area contributed by atoms with Crippen molar-refractivity contribution in [3.63, 3.8) is 0 Å². The van der Waals surface area contributed by atoms with Gasteiger partial charge >= 0.3 is 0 Å². The molecule has 11 heteroatoms. The highest BCUT2D eigenvalue weighted by Crippen LogP contribution is 2.33. The molecule has 2 heterocycles. The molecule has 0 saturated carbocycles. The Morgan fingerprint density at radius 3 is 2.45 bits per heavy atom. The molecule has 0 bridgehead atoms. The van der Waals surface area contributed by atoms with Crippen molar-refractivity contribution in [1.82, 2.24) is 8.87 Å². The zero-order chi connectivity index (χ0) is 27.3. The van der Waals surface area contributed by atoms with E-state index in [1.807, 2.05) is 30.5 Å². The minimum absolute atomic E-state index is 0.0161. The number of aromatic nitrogens is 1. The number of hydrogen-bond donors (Lipinski definition) is 0. The summed E-state index contributed by atoms with van der Waals surface area (Å²) in [6, 6.07) is 9.82. The van der Waals surface area contributed by atoms with Gasteiger partial charge in [-0.25, -0.2) is 8.42 Å². The van der Waals surface area contributed by atoms with Gasteiger partial charge in [0.1, 0.15) is 0 Å². The molecule has 1 unspecified atom stereocenters. The molecule has 1 atom stereocenters. The topological polar surface area (TPSA) is 99.4 Å². The quantitative estimate of drug-likeness (QED) is 0.339. The van der Waals surface area contributed by atoms with Crippen molar-refractivity contribution in [3.05, 3.63) is 46.8 Å². The normalized spacial score (nSPS) is 17.2. The van der Waals surface area contributed by atoms with Crippen LogP contribution in [0, 0.1) is 0 Å². The van der Waals surface area contributed by atoms with Crippen molar-refractivity contribution in [1.29, 1.82) is 0 Å². The van der Waals surface area contributed by atoms with E-state index in [2.05, 4.69) is 4.99 Å². The molecule has 0 spiro atoms. The van der Waals surface area contributed by atoms with Crippen LogP contribution in [0.15, 0.2) is 46.3 Å². The second-order valence-corrected chi connectivity index (χ2v) is 11.9. The van der Waals surface area contributed by atoms with Crippen LogP contribution in [0.2, 0.25) is 0 Å². The molecule has 4 rings (SSSR count). The fourth-order valence-corrected chi connectivity index (χ4v) is 7.58. The van der Waals surface area contributed by atoms with Gasteiger partial charge in [-0.1, -0.05) is 24.7 Å². The molecule has 1 aliphatic rings. The SMILES string of the molecule is CCOCCn1c(=NC(=O)c2ccc(S(=O)(=O)N3CCCCC3CC)cc2)sc2cc(OC)c(OC)cc21. The molecule has 206 valence electrons. The Balaban J connectivity index is 1.67. The van der Waals surface area contributed by atoms with Gasteiger partial charge in [0.15, 0.2) is 16.3 Å². The molecule has 3 aromatic rings. The zero-order valence-electron chi connectivity index (χ0n) is 22.3. The van der Waals surface area contributed by atoms with Crippen LogP contribution in [0.3, 0.4) is 0 Å². The molecule has 1 aromatic heterocycles. The molecule has 1 aliphatic heterocycles. The zero-order valence-corrected chi connectivity index (χ0v) is 23.9. The van der Waals surface area contributed by atoms with Gasteiger partial charge in [0.05, 0.1) is 35.9 Å². The number of ether oxygens (including phenoxy) is 3. The molecule has 38 heavy (non-hydrogen) atoms. The summed E-state index contributed by atoms with van der Waals surface area (Å²) >= 11 is 1.36. The summed E-state index contributed by atoms with van der Waals surface area (Å²) in [6.45, 7) is 6.01. The monoisotopic (exact) mass is 561 g/mol. The molecule has 1 fully saturated rings. The minimum Gasteiger partial charge on any atom is -0.493 e. The van der Waals surface area contributed by atoms with Crippen molar-refractivity contribution >= 4 is 37.5 Å². The number of carbonyl (C=O) groups is 1. The van der Waals surface area contributed by atoms with Crippen LogP contribution in [-0.2, 0) is 21.3 Å². The second kappa shape index (κ2) is 12.4. The Labute approximate surface area is 227 Å². The summed E-state index contributed by atoms with van der Waals surface area (Å²) in [5.74, 6) is 0.720. The second-order valence-electron chi connectivity index (χ2n) is 9.02. The van der Waals surface area contributed by atoms with E-state index in [1.54, 1.807) is 18.5 Å². The number of methoxy groups -OCH3 is 2. The molecule has 1 amide bonds. The summed E-state index contributed by atoms with van der Waals surface area (Å²) in [6.07, 6.45) is 3.56. The standard InChI is InChI=1S/C27H35N3O6S2/c1-5-20-9-7-8-14-30(20)38(32,33)21-12-10-19(11-13-21)26(31)28-27-29(15-16-36-6-2)22-17-23(34-3)24(35-4)18-25(22)37-27/h10-13,17-18,20H,5-9,14-16H2,1-4H3. The first-order valence-corrected chi connectivity index (χ1v) is 15.1. The lowest BCUT2D eigenvalue weighted by Gasteiger charge is -2.34. The maximum atomic E-state index is 13.3. The van der Waals surface area contributed by atoms with Crippen molar-refractivity contribution in [2.75, 3.05) is 34.0 Å². The van der Waals surface area contributed by atoms with Gasteiger partial charge in [-0.05, 0) is 50.5 Å². The van der Waals surface area contributed by atoms with Crippen molar-refractivity contribution in [2.45, 2.75) is 57.0 Å². The molecular formula is C27H35N3O6S2. The maximum Gasteiger partial charge on any atom is 0.279 e. The molecule has 0 N–H and O–H groups in total. The van der Waals surface area contributed by atoms with Gasteiger partial charge in [0, 0.05) is 43.4 Å². The Morgan fingerprint density at radius 2 is 1.79 bits per heavy atom. The number of amides is 1. The number of piperidine rings is 1. The summed E-state index contributed by atoms with van der Waals surface area (Å²) in [5.41, 5.74) is 1.17. The Bertz CT molecular complexity index is 1440. The summed E-state index contributed by atoms with van der Waals surface area (Å²) < 4.78 is 47.5. The molecule has 9 nitrogen and oxygen atoms in total. The summed E-state index contributed by atoms with van der Waals surface area (Å²) in [7, 11) is -0.471. The first-order valence-electron chi connectivity index (χ1n) is 12.9. The fraction of sp³-hybridized carbons (Fsp3) is 0.481. The van der Waals surface area contributed by atoms with Crippen LogP contribution in [-0.4, -0.2) is 63.2 Å². The predicted octanol–water partition coefficient (Wildman–Crippen LogP) is 4.45. The fourth-order valence-electron chi connectivity index (χ4n) is 4.75. The highest BCUT2D eigenvalue weighted by Gasteiger charge is 2.32. The maximum absolute atomic E-state index is 13.3. The third-order valence-electron chi connectivity index (χ3n) is 6.80. The van der Waals surface area contributed by atoms with Gasteiger partial charge in [0.25, 0.3) is 5.91 Å². The van der Waals surface area contributed by atoms with Crippen LogP contribution in [0.5, 0.6) is 11.5 Å². The van der Waals surface area contributed by atoms with Crippen molar-refractivity contribution in [2.24, 2.45) is 4.99 Å². The number of carbonyl (C=O) groups excluding carboxylic acids is 1. The van der Waals surface area contributed by atoms with E-state index in [-0.39, 0.29) is 10.9 Å². The van der Waals surface area contributed by atoms with Gasteiger partial charge in [-0.15, -0.1) is 0 Å². The number of benzene rings is 2. The van der Waals surface area contributed by atoms with Crippen LogP contribution in [0.1, 0.15) is 49.9 Å². The molecular weight excluding hydrogens is 526 g/mol. The summed E-state index contributed by atoms with van der Waals surface area (Å²) in [4.78, 5) is 18.3. The number of fused-ring (bicyclic) bond motifs is 1. The van der Waals surface area contributed by atoms with E-state index in [1.165, 1.54) is 35.6 Å². The number of hydrogen-bond acceptors (Lipinski definition) is 7. The lowest BCUT2D eigenvalue weighted by Crippen LogP contribution is -2.43. The Morgan fingerprint density at radius 1 is 1.08 bits per heavy atom. The molecule has 0 radical (unpaired) electrons. The number of sulfonamides is 1. The summed E-state index contributed by atoms with van der Waals surface area (Å²) in [5, 5.41) is 0. The van der Waals surface area contributed by atoms with E-state index in [9.17, 15) is 13.2 Å². The average Bonchev–Trinajstić information content (AvgIpc) is 3.27. The molecule has 1 saturated heterocycles. The molecule has 2 aromatic carbocycles. The van der Waals surface area contributed by atoms with Crippen LogP contribution in [0.25, 0.3) is 10.2 Å². The highest BCUT2D eigenvalue weighted by atomic mass is 32.2. The van der Waals surface area contributed by atoms with E-state index in [4.69, 9.17) is 14.2 Å². The van der Waals surface area contributed by atoms with Gasteiger partial charge in [0.2, 0.25) is 10.0 Å². The predicted molar refractivity (Wildman–Crippen MR) is 148 cm³/mol. The van der Waals surface area contributed by atoms with Gasteiger partial charge in [-0.3, -0.25) is 4.79 Å². The van der Waals surface area contributed by atoms with Crippen LogP contribution < -0.4 is 14.3 Å². The van der Waals surface area contributed by atoms with E-state index >= 15 is 0 Å². The third kappa shape index (κ3) is 5.80. The third-order valence-corrected chi connectivity index (χ3v) is 9.81. The average molecular weight is 562 g/mol. The first kappa shape index (κ1) is 28.3. The smallest absolute Gasteiger partial charge is 0.279 e. The largest absolute Gasteiger partial charge is 0.493 e. The van der Waals surface area contributed by atoms with E-state index in [0.717, 1.165) is 35.9 Å². The van der Waals surface area contributed by atoms with E-state index in [0.29, 0.717) is 48.2 Å². The number of thiazole rings is 1. The molecule has 0 aliphatic carbocycles. The highest BCUT2D eigenvalue weighted by molar-refractivity contribution is 7.89. The van der Waals surface area contributed by atoms with Crippen LogP contribution in [0.4, 0.5) is 0 Å². The first-order chi connectivity index (χ1) is 18.3.